The molecule has 3 nitrogen and oxygen atoms in total. The van der Waals surface area contributed by atoms with E-state index in [4.69, 9.17) is 0 Å². The Morgan fingerprint density at radius 2 is 2.00 bits per heavy atom. The van der Waals surface area contributed by atoms with Crippen molar-refractivity contribution in [2.45, 2.75) is 31.5 Å². The second kappa shape index (κ2) is 6.52. The van der Waals surface area contributed by atoms with Crippen molar-refractivity contribution in [1.29, 1.82) is 5.26 Å². The van der Waals surface area contributed by atoms with E-state index in [2.05, 4.69) is 11.1 Å². The van der Waals surface area contributed by atoms with E-state index in [0.29, 0.717) is 23.5 Å². The van der Waals surface area contributed by atoms with Crippen molar-refractivity contribution < 1.29 is 13.2 Å². The molecule has 0 N–H and O–H groups in total. The summed E-state index contributed by atoms with van der Waals surface area (Å²) in [6.07, 6.45) is -0.155. The fraction of sp³-hybridized carbons (Fsp3) is 0.333. The van der Waals surface area contributed by atoms with E-state index in [9.17, 15) is 18.4 Å². The van der Waals surface area contributed by atoms with Gasteiger partial charge in [-0.15, -0.1) is 0 Å². The van der Waals surface area contributed by atoms with Crippen molar-refractivity contribution in [3.8, 4) is 6.07 Å². The molecule has 0 radical (unpaired) electrons. The van der Waals surface area contributed by atoms with Crippen LogP contribution in [0.25, 0.3) is 0 Å². The Bertz CT molecular complexity index is 765. The maximum absolute atomic E-state index is 13.0. The van der Waals surface area contributed by atoms with Crippen molar-refractivity contribution in [3.63, 3.8) is 0 Å². The Kier molecular flexibility index (Phi) is 4.43. The molecule has 2 aromatic rings. The number of nitrogens with zero attached hydrogens (tertiary/aromatic N) is 3. The van der Waals surface area contributed by atoms with Gasteiger partial charge in [-0.2, -0.15) is 18.4 Å². The highest BCUT2D eigenvalue weighted by Gasteiger charge is 2.32. The van der Waals surface area contributed by atoms with Gasteiger partial charge in [0.05, 0.1) is 17.2 Å². The largest absolute Gasteiger partial charge is 0.416 e. The van der Waals surface area contributed by atoms with E-state index < -0.39 is 11.7 Å². The fourth-order valence-corrected chi connectivity index (χ4v) is 3.17. The third-order valence-corrected chi connectivity index (χ3v) is 4.28. The van der Waals surface area contributed by atoms with E-state index in [0.717, 1.165) is 25.3 Å². The molecule has 0 bridgehead atoms. The number of halogens is 3. The van der Waals surface area contributed by atoms with E-state index in [1.165, 1.54) is 12.1 Å². The van der Waals surface area contributed by atoms with Crippen LogP contribution in [0.1, 0.15) is 42.0 Å². The molecule has 0 amide bonds. The number of pyridine rings is 1. The van der Waals surface area contributed by atoms with Gasteiger partial charge >= 0.3 is 6.18 Å². The summed E-state index contributed by atoms with van der Waals surface area (Å²) in [4.78, 5) is 6.26. The number of piperidine rings is 1. The highest BCUT2D eigenvalue weighted by atomic mass is 19.4. The average Bonchev–Trinajstić information content (AvgIpc) is 2.61. The summed E-state index contributed by atoms with van der Waals surface area (Å²) in [7, 11) is 0. The summed E-state index contributed by atoms with van der Waals surface area (Å²) < 4.78 is 39.0. The molecule has 0 saturated carbocycles. The van der Waals surface area contributed by atoms with Crippen LogP contribution in [-0.2, 0) is 6.18 Å². The zero-order valence-corrected chi connectivity index (χ0v) is 12.9. The number of anilines is 1. The molecule has 0 aliphatic carbocycles. The zero-order chi connectivity index (χ0) is 17.2. The lowest BCUT2D eigenvalue weighted by Gasteiger charge is -2.37. The van der Waals surface area contributed by atoms with E-state index in [1.54, 1.807) is 24.4 Å². The SMILES string of the molecule is N#Cc1cccnc1N1CCCCC1c1cccc(C(F)(F)F)c1. The van der Waals surface area contributed by atoms with E-state index in [-0.39, 0.29) is 6.04 Å². The van der Waals surface area contributed by atoms with E-state index in [1.807, 2.05) is 4.90 Å². The molecule has 1 aromatic carbocycles. The third kappa shape index (κ3) is 3.21. The molecule has 24 heavy (non-hydrogen) atoms. The van der Waals surface area contributed by atoms with Crippen molar-refractivity contribution in [2.75, 3.05) is 11.4 Å². The van der Waals surface area contributed by atoms with Crippen LogP contribution in [0, 0.1) is 11.3 Å². The number of benzene rings is 1. The van der Waals surface area contributed by atoms with Gasteiger partial charge in [0, 0.05) is 12.7 Å². The van der Waals surface area contributed by atoms with Gasteiger partial charge in [-0.05, 0) is 49.1 Å². The van der Waals surface area contributed by atoms with Crippen LogP contribution >= 0.6 is 0 Å². The smallest absolute Gasteiger partial charge is 0.348 e. The van der Waals surface area contributed by atoms with Gasteiger partial charge in [0.1, 0.15) is 11.9 Å². The lowest BCUT2D eigenvalue weighted by Crippen LogP contribution is -2.34. The van der Waals surface area contributed by atoms with E-state index >= 15 is 0 Å². The topological polar surface area (TPSA) is 39.9 Å². The first-order valence-electron chi connectivity index (χ1n) is 7.79. The van der Waals surface area contributed by atoms with Gasteiger partial charge in [0.15, 0.2) is 0 Å². The summed E-state index contributed by atoms with van der Waals surface area (Å²) >= 11 is 0. The lowest BCUT2D eigenvalue weighted by molar-refractivity contribution is -0.137. The molecule has 1 saturated heterocycles. The molecule has 1 aliphatic heterocycles. The summed E-state index contributed by atoms with van der Waals surface area (Å²) in [5, 5.41) is 9.29. The third-order valence-electron chi connectivity index (χ3n) is 4.28. The quantitative estimate of drug-likeness (QED) is 0.800. The average molecular weight is 331 g/mol. The highest BCUT2D eigenvalue weighted by Crippen LogP contribution is 2.37. The standard InChI is InChI=1S/C18H16F3N3/c19-18(20,21)15-7-3-5-13(11-15)16-8-1-2-10-24(16)17-14(12-22)6-4-9-23-17/h3-7,9,11,16H,1-2,8,10H2. The minimum absolute atomic E-state index is 0.206. The van der Waals surface area contributed by atoms with Gasteiger partial charge in [0.2, 0.25) is 0 Å². The Hall–Kier alpha value is -2.55. The molecule has 1 fully saturated rings. The Balaban J connectivity index is 2.01. The van der Waals surface area contributed by atoms with Gasteiger partial charge in [-0.1, -0.05) is 12.1 Å². The molecule has 124 valence electrons. The van der Waals surface area contributed by atoms with Crippen LogP contribution in [0.3, 0.4) is 0 Å². The number of hydrogen-bond acceptors (Lipinski definition) is 3. The van der Waals surface area contributed by atoms with Crippen molar-refractivity contribution >= 4 is 5.82 Å². The normalized spacial score (nSPS) is 18.2. The minimum Gasteiger partial charge on any atom is -0.348 e. The number of alkyl halides is 3. The number of nitriles is 1. The maximum atomic E-state index is 13.0. The first kappa shape index (κ1) is 16.3. The Morgan fingerprint density at radius 3 is 2.75 bits per heavy atom. The highest BCUT2D eigenvalue weighted by molar-refractivity contribution is 5.55. The Morgan fingerprint density at radius 1 is 1.17 bits per heavy atom. The van der Waals surface area contributed by atoms with Gasteiger partial charge in [-0.3, -0.25) is 0 Å². The molecule has 1 atom stereocenters. The fourth-order valence-electron chi connectivity index (χ4n) is 3.17. The van der Waals surface area contributed by atoms with Crippen molar-refractivity contribution in [2.24, 2.45) is 0 Å². The predicted octanol–water partition coefficient (Wildman–Crippen LogP) is 4.70. The molecule has 2 heterocycles. The molecule has 1 aliphatic rings. The van der Waals surface area contributed by atoms with Crippen LogP contribution in [-0.4, -0.2) is 11.5 Å². The predicted molar refractivity (Wildman–Crippen MR) is 84.3 cm³/mol. The molecular formula is C18H16F3N3. The molecule has 1 aromatic heterocycles. The zero-order valence-electron chi connectivity index (χ0n) is 12.9. The molecule has 0 spiro atoms. The second-order valence-electron chi connectivity index (χ2n) is 5.81. The number of rotatable bonds is 2. The first-order valence-corrected chi connectivity index (χ1v) is 7.79. The number of hydrogen-bond donors (Lipinski definition) is 0. The van der Waals surface area contributed by atoms with Gasteiger partial charge < -0.3 is 4.90 Å². The van der Waals surface area contributed by atoms with Crippen LogP contribution in [0.15, 0.2) is 42.6 Å². The Labute approximate surface area is 138 Å². The molecule has 6 heteroatoms. The number of aromatic nitrogens is 1. The summed E-state index contributed by atoms with van der Waals surface area (Å²) in [6.45, 7) is 0.673. The first-order chi connectivity index (χ1) is 11.5. The lowest BCUT2D eigenvalue weighted by atomic mass is 9.93. The molecule has 3 rings (SSSR count). The minimum atomic E-state index is -4.36. The summed E-state index contributed by atoms with van der Waals surface area (Å²) in [6, 6.07) is 10.7. The second-order valence-corrected chi connectivity index (χ2v) is 5.81. The monoisotopic (exact) mass is 331 g/mol. The van der Waals surface area contributed by atoms with Crippen LogP contribution in [0.2, 0.25) is 0 Å². The maximum Gasteiger partial charge on any atom is 0.416 e. The van der Waals surface area contributed by atoms with Crippen LogP contribution in [0.5, 0.6) is 0 Å². The van der Waals surface area contributed by atoms with Crippen molar-refractivity contribution in [1.82, 2.24) is 4.98 Å². The van der Waals surface area contributed by atoms with Gasteiger partial charge in [-0.25, -0.2) is 4.98 Å². The van der Waals surface area contributed by atoms with Crippen molar-refractivity contribution in [3.05, 3.63) is 59.3 Å². The molecular weight excluding hydrogens is 315 g/mol. The van der Waals surface area contributed by atoms with Crippen LogP contribution < -0.4 is 4.90 Å². The summed E-state index contributed by atoms with van der Waals surface area (Å²) in [5.74, 6) is 0.544. The molecule has 1 unspecified atom stereocenters. The van der Waals surface area contributed by atoms with Crippen LogP contribution in [0.4, 0.5) is 19.0 Å². The summed E-state index contributed by atoms with van der Waals surface area (Å²) in [5.41, 5.74) is 0.405. The van der Waals surface area contributed by atoms with Gasteiger partial charge in [0.25, 0.3) is 0 Å².